The van der Waals surface area contributed by atoms with Gasteiger partial charge in [-0.25, -0.2) is 23.0 Å². The minimum absolute atomic E-state index is 0.0295. The van der Waals surface area contributed by atoms with Crippen molar-refractivity contribution < 1.29 is 36.0 Å². The molecule has 0 unspecified atom stereocenters. The van der Waals surface area contributed by atoms with Gasteiger partial charge < -0.3 is 13.7 Å². The first-order valence-corrected chi connectivity index (χ1v) is 14.7. The number of carbonyl (C=O) groups is 4. The molecule has 0 atom stereocenters. The lowest BCUT2D eigenvalue weighted by atomic mass is 10.2. The van der Waals surface area contributed by atoms with E-state index in [1.165, 1.54) is 24.3 Å². The van der Waals surface area contributed by atoms with Gasteiger partial charge in [-0.15, -0.1) is 0 Å². The van der Waals surface area contributed by atoms with Crippen LogP contribution in [0, 0.1) is 0 Å². The smallest absolute Gasteiger partial charge is 0.349 e. The minimum Gasteiger partial charge on any atom is -0.349 e. The standard InChI is InChI=1S/C22H29N5O8S2/c1-13(2)27(14(3)4)10-9-23-19(29)17-12-37(34-20(30)21(31)35-37)22(24-17)25-18(28)15-7-6-8-16(11-15)26-36(5,32)33/h6-8,11-14,26H,9-10H2,1-5H3,(H,23,29)(H,24,25,28). The van der Waals surface area contributed by atoms with Crippen LogP contribution in [0.15, 0.2) is 40.4 Å². The topological polar surface area (TPSA) is 173 Å². The van der Waals surface area contributed by atoms with Crippen molar-refractivity contribution in [3.8, 4) is 0 Å². The third-order valence-corrected chi connectivity index (χ3v) is 7.86. The second-order valence-corrected chi connectivity index (χ2v) is 12.6. The molecule has 1 spiro atoms. The van der Waals surface area contributed by atoms with Gasteiger partial charge in [-0.05, 0) is 56.5 Å². The fourth-order valence-electron chi connectivity index (χ4n) is 3.65. The predicted octanol–water partition coefficient (Wildman–Crippen LogP) is 0.969. The first-order chi connectivity index (χ1) is 17.2. The zero-order valence-corrected chi connectivity index (χ0v) is 22.6. The number of amides is 2. The summed E-state index contributed by atoms with van der Waals surface area (Å²) in [6.07, 6.45) is 0.963. The highest BCUT2D eigenvalue weighted by Crippen LogP contribution is 2.60. The van der Waals surface area contributed by atoms with Crippen molar-refractivity contribution in [2.75, 3.05) is 24.1 Å². The Labute approximate surface area is 216 Å². The highest BCUT2D eigenvalue weighted by Gasteiger charge is 2.49. The molecule has 13 nitrogen and oxygen atoms in total. The lowest BCUT2D eigenvalue weighted by Crippen LogP contribution is -2.42. The normalized spacial score (nSPS) is 17.4. The van der Waals surface area contributed by atoms with Crippen LogP contribution in [-0.2, 0) is 32.8 Å². The van der Waals surface area contributed by atoms with Gasteiger partial charge >= 0.3 is 11.9 Å². The quantitative estimate of drug-likeness (QED) is 0.375. The molecule has 202 valence electrons. The number of nitrogens with zero attached hydrogens (tertiary/aromatic N) is 2. The molecule has 2 aliphatic heterocycles. The number of benzene rings is 1. The van der Waals surface area contributed by atoms with Crippen LogP contribution in [0.3, 0.4) is 0 Å². The van der Waals surface area contributed by atoms with E-state index in [-0.39, 0.29) is 34.2 Å². The molecule has 2 amide bonds. The van der Waals surface area contributed by atoms with Crippen molar-refractivity contribution >= 4 is 55.2 Å². The SMILES string of the molecule is CC(C)N(CCNC(=O)C1=CS2(OC(=O)C(=O)O2)C(NC(=O)c2cccc(NS(C)(=O)=O)c2)=N1)C(C)C. The molecule has 37 heavy (non-hydrogen) atoms. The van der Waals surface area contributed by atoms with Gasteiger partial charge in [0.05, 0.1) is 11.7 Å². The molecule has 3 N–H and O–H groups in total. The van der Waals surface area contributed by atoms with E-state index in [1.807, 2.05) is 27.7 Å². The maximum Gasteiger partial charge on any atom is 0.442 e. The Balaban J connectivity index is 1.79. The largest absolute Gasteiger partial charge is 0.442 e. The summed E-state index contributed by atoms with van der Waals surface area (Å²) in [4.78, 5) is 55.6. The molecule has 2 aliphatic rings. The second-order valence-electron chi connectivity index (χ2n) is 8.80. The first kappa shape index (κ1) is 28.1. The Hall–Kier alpha value is -3.43. The van der Waals surface area contributed by atoms with E-state index in [0.717, 1.165) is 11.7 Å². The summed E-state index contributed by atoms with van der Waals surface area (Å²) in [7, 11) is -6.88. The van der Waals surface area contributed by atoms with Crippen LogP contribution >= 0.6 is 10.6 Å². The van der Waals surface area contributed by atoms with Gasteiger partial charge in [0.25, 0.3) is 11.8 Å². The van der Waals surface area contributed by atoms with Crippen molar-refractivity contribution in [2.24, 2.45) is 4.99 Å². The summed E-state index contributed by atoms with van der Waals surface area (Å²) in [5.41, 5.74) is -0.0258. The maximum absolute atomic E-state index is 12.9. The lowest BCUT2D eigenvalue weighted by Gasteiger charge is -2.30. The summed E-state index contributed by atoms with van der Waals surface area (Å²) >= 11 is 0. The molecule has 0 saturated carbocycles. The molecule has 15 heteroatoms. The first-order valence-electron chi connectivity index (χ1n) is 11.2. The van der Waals surface area contributed by atoms with Crippen LogP contribution < -0.4 is 15.4 Å². The highest BCUT2D eigenvalue weighted by atomic mass is 32.3. The number of anilines is 1. The fraction of sp³-hybridized carbons (Fsp3) is 0.409. The molecule has 1 saturated heterocycles. The molecule has 2 heterocycles. The molecule has 3 rings (SSSR count). The minimum atomic E-state index is -3.58. The van der Waals surface area contributed by atoms with Gasteiger partial charge in [0.1, 0.15) is 5.70 Å². The lowest BCUT2D eigenvalue weighted by molar-refractivity contribution is -0.150. The predicted molar refractivity (Wildman–Crippen MR) is 138 cm³/mol. The average Bonchev–Trinajstić information content (AvgIpc) is 3.27. The number of carbonyl (C=O) groups excluding carboxylic acids is 4. The van der Waals surface area contributed by atoms with Gasteiger partial charge in [0, 0.05) is 36.4 Å². The Morgan fingerprint density at radius 2 is 1.68 bits per heavy atom. The van der Waals surface area contributed by atoms with Gasteiger partial charge in [-0.1, -0.05) is 6.07 Å². The summed E-state index contributed by atoms with van der Waals surface area (Å²) in [5.74, 6) is -3.93. The number of hydrogen-bond donors (Lipinski definition) is 3. The summed E-state index contributed by atoms with van der Waals surface area (Å²) in [6.45, 7) is 9.05. The molecular formula is C22H29N5O8S2. The zero-order chi connectivity index (χ0) is 27.5. The van der Waals surface area contributed by atoms with Gasteiger partial charge in [-0.3, -0.25) is 24.5 Å². The Kier molecular flexibility index (Phi) is 8.29. The summed E-state index contributed by atoms with van der Waals surface area (Å²) in [6, 6.07) is 6.10. The van der Waals surface area contributed by atoms with Crippen molar-refractivity contribution in [3.63, 3.8) is 0 Å². The third-order valence-electron chi connectivity index (χ3n) is 5.19. The van der Waals surface area contributed by atoms with Crippen LogP contribution in [0.1, 0.15) is 38.1 Å². The number of hydrogen-bond acceptors (Lipinski definition) is 10. The van der Waals surface area contributed by atoms with E-state index in [0.29, 0.717) is 13.1 Å². The van der Waals surface area contributed by atoms with Crippen LogP contribution in [0.4, 0.5) is 5.69 Å². The van der Waals surface area contributed by atoms with E-state index in [1.54, 1.807) is 0 Å². The van der Waals surface area contributed by atoms with Crippen LogP contribution in [-0.4, -0.2) is 73.7 Å². The third kappa shape index (κ3) is 6.87. The number of aliphatic imine (C=N–C) groups is 1. The van der Waals surface area contributed by atoms with E-state index < -0.39 is 44.4 Å². The molecule has 1 fully saturated rings. The zero-order valence-electron chi connectivity index (χ0n) is 20.9. The van der Waals surface area contributed by atoms with Crippen LogP contribution in [0.5, 0.6) is 0 Å². The van der Waals surface area contributed by atoms with E-state index >= 15 is 0 Å². The van der Waals surface area contributed by atoms with Crippen molar-refractivity contribution in [3.05, 3.63) is 40.9 Å². The van der Waals surface area contributed by atoms with Gasteiger partial charge in [0.2, 0.25) is 15.2 Å². The van der Waals surface area contributed by atoms with E-state index in [9.17, 15) is 27.6 Å². The monoisotopic (exact) mass is 555 g/mol. The summed E-state index contributed by atoms with van der Waals surface area (Å²) in [5, 5.41) is 5.94. The molecular weight excluding hydrogens is 526 g/mol. The number of amidine groups is 1. The molecule has 0 bridgehead atoms. The maximum atomic E-state index is 12.9. The van der Waals surface area contributed by atoms with Crippen LogP contribution in [0.2, 0.25) is 0 Å². The number of nitrogens with one attached hydrogen (secondary N) is 3. The molecule has 1 aromatic rings. The fourth-order valence-corrected chi connectivity index (χ4v) is 6.11. The molecule has 0 radical (unpaired) electrons. The highest BCUT2D eigenvalue weighted by molar-refractivity contribution is 8.41. The number of rotatable bonds is 9. The van der Waals surface area contributed by atoms with Gasteiger partial charge in [0.15, 0.2) is 0 Å². The Morgan fingerprint density at radius 3 is 2.24 bits per heavy atom. The van der Waals surface area contributed by atoms with Gasteiger partial charge in [-0.2, -0.15) is 0 Å². The van der Waals surface area contributed by atoms with Crippen LogP contribution in [0.25, 0.3) is 0 Å². The van der Waals surface area contributed by atoms with E-state index in [4.69, 9.17) is 8.37 Å². The average molecular weight is 556 g/mol. The molecule has 0 aliphatic carbocycles. The van der Waals surface area contributed by atoms with E-state index in [2.05, 4.69) is 25.2 Å². The Bertz CT molecular complexity index is 1270. The van der Waals surface area contributed by atoms with Crippen molar-refractivity contribution in [1.29, 1.82) is 0 Å². The molecule has 0 aromatic heterocycles. The number of sulfonamides is 1. The Morgan fingerprint density at radius 1 is 1.05 bits per heavy atom. The molecule has 1 aromatic carbocycles. The van der Waals surface area contributed by atoms with Crippen molar-refractivity contribution in [1.82, 2.24) is 15.5 Å². The van der Waals surface area contributed by atoms with Crippen molar-refractivity contribution in [2.45, 2.75) is 39.8 Å². The second kappa shape index (κ2) is 10.9. The summed E-state index contributed by atoms with van der Waals surface area (Å²) < 4.78 is 35.5.